The number of rotatable bonds is 3. The third kappa shape index (κ3) is 4.00. The second-order valence-corrected chi connectivity index (χ2v) is 10.8. The molecule has 0 aromatic heterocycles. The molecule has 0 radical (unpaired) electrons. The largest absolute Gasteiger partial charge is 0.461 e. The zero-order valence-electron chi connectivity index (χ0n) is 20.4. The van der Waals surface area contributed by atoms with Crippen LogP contribution in [0.5, 0.6) is 0 Å². The Hall–Kier alpha value is -1.56. The molecule has 2 aliphatic carbocycles. The fourth-order valence-electron chi connectivity index (χ4n) is 6.80. The molecule has 5 nitrogen and oxygen atoms in total. The van der Waals surface area contributed by atoms with Gasteiger partial charge in [0.25, 0.3) is 0 Å². The van der Waals surface area contributed by atoms with Crippen LogP contribution in [-0.2, 0) is 9.53 Å². The number of benzene rings is 1. The van der Waals surface area contributed by atoms with Crippen LogP contribution < -0.4 is 4.90 Å². The molecule has 5 rings (SSSR count). The van der Waals surface area contributed by atoms with Gasteiger partial charge in [0.15, 0.2) is 0 Å². The molecule has 3 fully saturated rings. The van der Waals surface area contributed by atoms with Crippen LogP contribution in [0.4, 0.5) is 5.69 Å². The second-order valence-electron chi connectivity index (χ2n) is 10.8. The number of nitrogens with zero attached hydrogens (tertiary/aromatic N) is 2. The van der Waals surface area contributed by atoms with E-state index in [1.165, 1.54) is 22.4 Å². The predicted octanol–water partition coefficient (Wildman–Crippen LogP) is 4.13. The first-order valence-corrected chi connectivity index (χ1v) is 12.4. The second kappa shape index (κ2) is 9.24. The zero-order chi connectivity index (χ0) is 22.6. The summed E-state index contributed by atoms with van der Waals surface area (Å²) in [5.74, 6) is -0.000529. The number of ether oxygens (including phenoxy) is 1. The van der Waals surface area contributed by atoms with E-state index < -0.39 is 6.10 Å². The van der Waals surface area contributed by atoms with E-state index in [0.717, 1.165) is 45.4 Å². The average Bonchev–Trinajstić information content (AvgIpc) is 3.08. The number of hydrogen-bond acceptors (Lipinski definition) is 5. The molecule has 1 N–H and O–H groups in total. The lowest BCUT2D eigenvalue weighted by atomic mass is 9.55. The first kappa shape index (κ1) is 24.6. The lowest BCUT2D eigenvalue weighted by Gasteiger charge is -2.52. The zero-order valence-corrected chi connectivity index (χ0v) is 21.2. The van der Waals surface area contributed by atoms with Gasteiger partial charge in [-0.1, -0.05) is 37.6 Å². The van der Waals surface area contributed by atoms with E-state index in [4.69, 9.17) is 4.74 Å². The van der Waals surface area contributed by atoms with Gasteiger partial charge in [0.2, 0.25) is 0 Å². The first-order valence-electron chi connectivity index (χ1n) is 12.4. The molecular formula is C27H39ClN2O3. The number of hydrogen-bond donors (Lipinski definition) is 1. The molecule has 2 saturated heterocycles. The lowest BCUT2D eigenvalue weighted by Crippen LogP contribution is -2.55. The van der Waals surface area contributed by atoms with E-state index >= 15 is 0 Å². The number of anilines is 1. The van der Waals surface area contributed by atoms with Gasteiger partial charge in [0.05, 0.1) is 12.0 Å². The highest BCUT2D eigenvalue weighted by atomic mass is 35.5. The number of piperazine rings is 1. The van der Waals surface area contributed by atoms with Crippen LogP contribution in [0.2, 0.25) is 0 Å². The van der Waals surface area contributed by atoms with Crippen LogP contribution in [0.3, 0.4) is 0 Å². The van der Waals surface area contributed by atoms with Gasteiger partial charge in [0, 0.05) is 56.2 Å². The minimum absolute atomic E-state index is 0. The number of carbonyl (C=O) groups excluding carboxylic acids is 1. The Labute approximate surface area is 204 Å². The Morgan fingerprint density at radius 2 is 1.91 bits per heavy atom. The van der Waals surface area contributed by atoms with Gasteiger partial charge in [-0.3, -0.25) is 9.69 Å². The maximum absolute atomic E-state index is 12.9. The molecular weight excluding hydrogens is 436 g/mol. The van der Waals surface area contributed by atoms with E-state index in [9.17, 15) is 9.90 Å². The Balaban J connectivity index is 0.00000259. The topological polar surface area (TPSA) is 53.0 Å². The maximum Gasteiger partial charge on any atom is 0.311 e. The maximum atomic E-state index is 12.9. The number of aliphatic hydroxyl groups excluding tert-OH is 1. The molecule has 0 amide bonds. The van der Waals surface area contributed by atoms with Crippen molar-refractivity contribution < 1.29 is 14.6 Å². The standard InChI is InChI=1S/C27H38N2O3.ClH/c1-17-7-5-10-22(19(17)3)29-13-11-28(12-14-29)16-21-24-23(32-26(21)31)15-20-9-6-8-18(2)27(20,4)25(24)30;/h5,7,9-10,18,21,23-25,30H,6,8,11-16H2,1-4H3;1H/t18-,21?,23+,24+,25-,27+;/m0./s1. The van der Waals surface area contributed by atoms with Gasteiger partial charge >= 0.3 is 5.97 Å². The van der Waals surface area contributed by atoms with Crippen molar-refractivity contribution >= 4 is 24.1 Å². The van der Waals surface area contributed by atoms with Gasteiger partial charge in [-0.15, -0.1) is 12.4 Å². The summed E-state index contributed by atoms with van der Waals surface area (Å²) in [6.07, 6.45) is 4.59. The van der Waals surface area contributed by atoms with Crippen molar-refractivity contribution in [1.29, 1.82) is 0 Å². The van der Waals surface area contributed by atoms with Gasteiger partial charge in [-0.2, -0.15) is 0 Å². The molecule has 0 bridgehead atoms. The molecule has 0 spiro atoms. The highest BCUT2D eigenvalue weighted by Crippen LogP contribution is 2.56. The molecule has 6 heteroatoms. The number of aliphatic hydroxyl groups is 1. The van der Waals surface area contributed by atoms with E-state index in [1.54, 1.807) is 0 Å². The van der Waals surface area contributed by atoms with Crippen molar-refractivity contribution in [3.63, 3.8) is 0 Å². The lowest BCUT2D eigenvalue weighted by molar-refractivity contribution is -0.145. The van der Waals surface area contributed by atoms with E-state index in [2.05, 4.69) is 61.8 Å². The van der Waals surface area contributed by atoms with Crippen molar-refractivity contribution in [3.05, 3.63) is 41.0 Å². The smallest absolute Gasteiger partial charge is 0.311 e. The summed E-state index contributed by atoms with van der Waals surface area (Å²) in [7, 11) is 0. The highest BCUT2D eigenvalue weighted by molar-refractivity contribution is 5.85. The van der Waals surface area contributed by atoms with Crippen molar-refractivity contribution in [2.24, 2.45) is 23.2 Å². The van der Waals surface area contributed by atoms with Gasteiger partial charge in [-0.05, 0) is 49.8 Å². The van der Waals surface area contributed by atoms with Crippen LogP contribution in [0.25, 0.3) is 0 Å². The van der Waals surface area contributed by atoms with E-state index in [-0.39, 0.29) is 41.7 Å². The fourth-order valence-corrected chi connectivity index (χ4v) is 6.80. The summed E-state index contributed by atoms with van der Waals surface area (Å²) in [5.41, 5.74) is 5.08. The van der Waals surface area contributed by atoms with Crippen molar-refractivity contribution in [3.8, 4) is 0 Å². The van der Waals surface area contributed by atoms with E-state index in [1.807, 2.05) is 0 Å². The molecule has 2 heterocycles. The highest BCUT2D eigenvalue weighted by Gasteiger charge is 2.59. The van der Waals surface area contributed by atoms with Crippen LogP contribution in [-0.4, -0.2) is 60.9 Å². The molecule has 4 aliphatic rings. The number of halogens is 1. The van der Waals surface area contributed by atoms with Crippen LogP contribution in [0.15, 0.2) is 29.8 Å². The Bertz CT molecular complexity index is 926. The number of carbonyl (C=O) groups is 1. The Morgan fingerprint density at radius 3 is 2.64 bits per heavy atom. The number of esters is 1. The molecule has 182 valence electrons. The monoisotopic (exact) mass is 474 g/mol. The van der Waals surface area contributed by atoms with Crippen LogP contribution >= 0.6 is 12.4 Å². The Kier molecular flexibility index (Phi) is 6.88. The number of fused-ring (bicyclic) bond motifs is 2. The van der Waals surface area contributed by atoms with Crippen molar-refractivity contribution in [2.75, 3.05) is 37.6 Å². The number of allylic oxidation sites excluding steroid dienone is 1. The van der Waals surface area contributed by atoms with Gasteiger partial charge in [-0.25, -0.2) is 0 Å². The minimum Gasteiger partial charge on any atom is -0.461 e. The quantitative estimate of drug-likeness (QED) is 0.527. The fraction of sp³-hybridized carbons (Fsp3) is 0.667. The Morgan fingerprint density at radius 1 is 1.18 bits per heavy atom. The van der Waals surface area contributed by atoms with Crippen LogP contribution in [0, 0.1) is 37.0 Å². The van der Waals surface area contributed by atoms with Gasteiger partial charge in [0.1, 0.15) is 6.10 Å². The van der Waals surface area contributed by atoms with E-state index in [0.29, 0.717) is 12.5 Å². The first-order chi connectivity index (χ1) is 15.3. The van der Waals surface area contributed by atoms with Crippen molar-refractivity contribution in [2.45, 2.75) is 59.2 Å². The summed E-state index contributed by atoms with van der Waals surface area (Å²) in [6.45, 7) is 13.3. The summed E-state index contributed by atoms with van der Waals surface area (Å²) in [4.78, 5) is 17.8. The number of aryl methyl sites for hydroxylation is 1. The minimum atomic E-state index is -0.518. The van der Waals surface area contributed by atoms with Crippen molar-refractivity contribution in [1.82, 2.24) is 4.90 Å². The third-order valence-electron chi connectivity index (χ3n) is 9.31. The summed E-state index contributed by atoms with van der Waals surface area (Å²) < 4.78 is 5.86. The molecule has 1 aromatic rings. The third-order valence-corrected chi connectivity index (χ3v) is 9.31. The molecule has 1 saturated carbocycles. The average molecular weight is 475 g/mol. The predicted molar refractivity (Wildman–Crippen MR) is 134 cm³/mol. The molecule has 1 unspecified atom stereocenters. The molecule has 6 atom stereocenters. The molecule has 1 aromatic carbocycles. The molecule has 33 heavy (non-hydrogen) atoms. The summed E-state index contributed by atoms with van der Waals surface area (Å²) >= 11 is 0. The normalized spacial score (nSPS) is 36.4. The SMILES string of the molecule is Cc1cccc(N2CCN(CC3C(=O)O[C@@H]4CC5=CCC[C@H](C)[C@@]5(C)[C@@H](O)[C@H]34)CC2)c1C.Cl. The summed E-state index contributed by atoms with van der Waals surface area (Å²) in [6, 6.07) is 6.52. The van der Waals surface area contributed by atoms with Crippen LogP contribution in [0.1, 0.15) is 44.2 Å². The summed E-state index contributed by atoms with van der Waals surface area (Å²) in [5, 5.41) is 11.6. The molecule has 2 aliphatic heterocycles. The van der Waals surface area contributed by atoms with Gasteiger partial charge < -0.3 is 14.7 Å².